The summed E-state index contributed by atoms with van der Waals surface area (Å²) < 4.78 is 5.26. The van der Waals surface area contributed by atoms with Gasteiger partial charge < -0.3 is 34.9 Å². The number of rotatable bonds is 13. The first-order valence-electron chi connectivity index (χ1n) is 17.2. The maximum Gasteiger partial charge on any atom is 0.253 e. The van der Waals surface area contributed by atoms with E-state index in [1.54, 1.807) is 54.3 Å². The summed E-state index contributed by atoms with van der Waals surface area (Å²) >= 11 is 6.18. The number of benzene rings is 3. The van der Waals surface area contributed by atoms with Gasteiger partial charge in [0.05, 0.1) is 19.4 Å². The number of aromatic amines is 1. The molecule has 3 aromatic carbocycles. The average molecular weight is 698 g/mol. The highest BCUT2D eigenvalue weighted by molar-refractivity contribution is 6.31. The van der Waals surface area contributed by atoms with Crippen molar-refractivity contribution < 1.29 is 23.9 Å². The highest BCUT2D eigenvalue weighted by Crippen LogP contribution is 2.37. The van der Waals surface area contributed by atoms with Crippen LogP contribution in [-0.2, 0) is 27.2 Å². The van der Waals surface area contributed by atoms with Gasteiger partial charge in [-0.2, -0.15) is 0 Å². The molecule has 0 aliphatic carbocycles. The van der Waals surface area contributed by atoms with Crippen molar-refractivity contribution >= 4 is 46.5 Å². The first-order chi connectivity index (χ1) is 24.2. The Morgan fingerprint density at radius 1 is 1.00 bits per heavy atom. The van der Waals surface area contributed by atoms with Crippen molar-refractivity contribution in [3.8, 4) is 5.75 Å². The van der Waals surface area contributed by atoms with Gasteiger partial charge in [-0.05, 0) is 85.7 Å². The molecule has 2 saturated heterocycles. The number of likely N-dealkylation sites (N-methyl/N-ethyl adjacent to an activating group) is 1. The fourth-order valence-electron chi connectivity index (χ4n) is 7.65. The van der Waals surface area contributed by atoms with E-state index in [0.29, 0.717) is 48.8 Å². The lowest BCUT2D eigenvalue weighted by molar-refractivity contribution is -0.140. The van der Waals surface area contributed by atoms with Crippen LogP contribution >= 0.6 is 11.6 Å². The minimum atomic E-state index is -1.12. The number of hydrogen-bond donors (Lipinski definition) is 3. The number of likely N-dealkylation sites (tertiary alicyclic amines) is 2. The maximum absolute atomic E-state index is 14.4. The normalized spacial score (nSPS) is 19.9. The van der Waals surface area contributed by atoms with Crippen LogP contribution in [0, 0.1) is 17.8 Å². The van der Waals surface area contributed by atoms with Gasteiger partial charge in [-0.3, -0.25) is 14.4 Å². The first-order valence-corrected chi connectivity index (χ1v) is 17.5. The molecule has 0 radical (unpaired) electrons. The van der Waals surface area contributed by atoms with Gasteiger partial charge in [0.1, 0.15) is 17.6 Å². The SMILES string of the molecule is CNC[C@@](C=O)(CCCc1ccccc1)NC(=O)C1CN(C(=O)Cc2c[nH]c3cc(Cl)ccc23)CC2CN(C(=O)c3ccc(OC)cc3)CC21. The molecule has 262 valence electrons. The van der Waals surface area contributed by atoms with E-state index in [9.17, 15) is 19.2 Å². The average Bonchev–Trinajstić information content (AvgIpc) is 3.75. The van der Waals surface area contributed by atoms with E-state index in [1.807, 2.05) is 36.5 Å². The second kappa shape index (κ2) is 15.5. The van der Waals surface area contributed by atoms with E-state index in [1.165, 1.54) is 5.56 Å². The van der Waals surface area contributed by atoms with Gasteiger partial charge in [-0.15, -0.1) is 0 Å². The summed E-state index contributed by atoms with van der Waals surface area (Å²) in [4.78, 5) is 61.5. The summed E-state index contributed by atoms with van der Waals surface area (Å²) in [7, 11) is 3.34. The summed E-state index contributed by atoms with van der Waals surface area (Å²) in [5.74, 6) is -0.755. The van der Waals surface area contributed by atoms with Gasteiger partial charge in [0.15, 0.2) is 0 Å². The number of hydrogen-bond acceptors (Lipinski definition) is 6. The molecular weight excluding hydrogens is 654 g/mol. The quantitative estimate of drug-likeness (QED) is 0.177. The second-order valence-electron chi connectivity index (χ2n) is 13.6. The fraction of sp³-hybridized carbons (Fsp3) is 0.385. The monoisotopic (exact) mass is 697 g/mol. The Hall–Kier alpha value is -4.67. The van der Waals surface area contributed by atoms with Crippen molar-refractivity contribution in [3.63, 3.8) is 0 Å². The van der Waals surface area contributed by atoms with Crippen LogP contribution in [0.4, 0.5) is 0 Å². The van der Waals surface area contributed by atoms with Gasteiger partial charge in [-0.25, -0.2) is 0 Å². The Kier molecular flexibility index (Phi) is 10.9. The van der Waals surface area contributed by atoms with E-state index in [0.717, 1.165) is 29.2 Å². The molecule has 50 heavy (non-hydrogen) atoms. The standard InChI is InChI=1S/C39H44ClN5O5/c1-41-24-39(25-46,16-6-9-26-7-4-3-5-8-26)43-37(48)34-23-44(36(47)17-28-19-42-35-18-30(40)12-15-32(28)35)20-29-21-45(22-33(29)34)38(49)27-10-13-31(50-2)14-11-27/h3-5,7-8,10-15,18-19,25,29,33-34,41-42H,6,9,16-17,20-24H2,1-2H3,(H,43,48)/t29?,33?,34?,39-/m1/s1. The van der Waals surface area contributed by atoms with Crippen LogP contribution in [-0.4, -0.2) is 91.2 Å². The Bertz CT molecular complexity index is 1830. The van der Waals surface area contributed by atoms with Crippen molar-refractivity contribution in [3.05, 3.63) is 101 Å². The summed E-state index contributed by atoms with van der Waals surface area (Å²) in [6.07, 6.45) is 4.74. The summed E-state index contributed by atoms with van der Waals surface area (Å²) in [5.41, 5.74) is 2.27. The molecule has 4 atom stereocenters. The number of piperidine rings is 1. The van der Waals surface area contributed by atoms with E-state index in [2.05, 4.69) is 27.8 Å². The molecule has 0 spiro atoms. The third-order valence-electron chi connectivity index (χ3n) is 10.3. The first kappa shape index (κ1) is 35.2. The number of ether oxygens (including phenoxy) is 1. The molecular formula is C39H44ClN5O5. The van der Waals surface area contributed by atoms with Crippen molar-refractivity contribution in [2.75, 3.05) is 46.9 Å². The van der Waals surface area contributed by atoms with Gasteiger partial charge in [0, 0.05) is 60.4 Å². The molecule has 0 bridgehead atoms. The Morgan fingerprint density at radius 3 is 2.48 bits per heavy atom. The molecule has 11 heteroatoms. The number of aldehydes is 1. The molecule has 2 aliphatic rings. The predicted octanol–water partition coefficient (Wildman–Crippen LogP) is 4.52. The molecule has 3 unspecified atom stereocenters. The third-order valence-corrected chi connectivity index (χ3v) is 10.5. The maximum atomic E-state index is 14.4. The van der Waals surface area contributed by atoms with Gasteiger partial charge in [0.2, 0.25) is 11.8 Å². The number of amides is 3. The van der Waals surface area contributed by atoms with Crippen LogP contribution in [0.5, 0.6) is 5.75 Å². The molecule has 3 heterocycles. The van der Waals surface area contributed by atoms with Crippen LogP contribution in [0.25, 0.3) is 10.9 Å². The Labute approximate surface area is 297 Å². The zero-order chi connectivity index (χ0) is 35.3. The summed E-state index contributed by atoms with van der Waals surface area (Å²) in [5, 5.41) is 7.75. The minimum absolute atomic E-state index is 0.100. The lowest BCUT2D eigenvalue weighted by Crippen LogP contribution is -2.60. The number of aromatic nitrogens is 1. The number of nitrogens with zero attached hydrogens (tertiary/aromatic N) is 2. The molecule has 2 fully saturated rings. The number of aryl methyl sites for hydroxylation is 1. The molecule has 1 aromatic heterocycles. The number of methoxy groups -OCH3 is 1. The number of fused-ring (bicyclic) bond motifs is 2. The number of H-pyrrole nitrogens is 1. The molecule has 3 amide bonds. The Morgan fingerprint density at radius 2 is 1.76 bits per heavy atom. The molecule has 2 aliphatic heterocycles. The van der Waals surface area contributed by atoms with Crippen molar-refractivity contribution in [2.24, 2.45) is 17.8 Å². The topological polar surface area (TPSA) is 124 Å². The van der Waals surface area contributed by atoms with Gasteiger partial charge in [-0.1, -0.05) is 48.0 Å². The lowest BCUT2D eigenvalue weighted by Gasteiger charge is -2.41. The van der Waals surface area contributed by atoms with Gasteiger partial charge >= 0.3 is 0 Å². The van der Waals surface area contributed by atoms with Crippen LogP contribution in [0.15, 0.2) is 79.0 Å². The lowest BCUT2D eigenvalue weighted by atomic mass is 9.78. The van der Waals surface area contributed by atoms with Crippen molar-refractivity contribution in [2.45, 2.75) is 31.2 Å². The van der Waals surface area contributed by atoms with Crippen LogP contribution in [0.1, 0.15) is 34.3 Å². The molecule has 0 saturated carbocycles. The summed E-state index contributed by atoms with van der Waals surface area (Å²) in [6.45, 7) is 1.70. The summed E-state index contributed by atoms with van der Waals surface area (Å²) in [6, 6.07) is 22.6. The highest BCUT2D eigenvalue weighted by Gasteiger charge is 2.49. The van der Waals surface area contributed by atoms with Gasteiger partial charge in [0.25, 0.3) is 5.91 Å². The number of carbonyl (C=O) groups is 4. The number of nitrogens with one attached hydrogen (secondary N) is 3. The molecule has 3 N–H and O–H groups in total. The Balaban J connectivity index is 1.23. The van der Waals surface area contributed by atoms with E-state index in [4.69, 9.17) is 16.3 Å². The van der Waals surface area contributed by atoms with E-state index in [-0.39, 0.29) is 49.1 Å². The number of carbonyl (C=O) groups excluding carboxylic acids is 4. The smallest absolute Gasteiger partial charge is 0.253 e. The molecule has 4 aromatic rings. The molecule has 10 nitrogen and oxygen atoms in total. The van der Waals surface area contributed by atoms with Crippen LogP contribution in [0.2, 0.25) is 5.02 Å². The van der Waals surface area contributed by atoms with Crippen molar-refractivity contribution in [1.29, 1.82) is 0 Å². The number of halogens is 1. The minimum Gasteiger partial charge on any atom is -0.497 e. The van der Waals surface area contributed by atoms with Crippen LogP contribution < -0.4 is 15.4 Å². The van der Waals surface area contributed by atoms with E-state index >= 15 is 0 Å². The second-order valence-corrected chi connectivity index (χ2v) is 14.0. The molecule has 6 rings (SSSR count). The largest absolute Gasteiger partial charge is 0.497 e. The zero-order valence-electron chi connectivity index (χ0n) is 28.5. The van der Waals surface area contributed by atoms with Crippen LogP contribution in [0.3, 0.4) is 0 Å². The van der Waals surface area contributed by atoms with Crippen molar-refractivity contribution in [1.82, 2.24) is 25.4 Å². The third kappa shape index (κ3) is 7.71. The predicted molar refractivity (Wildman–Crippen MR) is 193 cm³/mol. The van der Waals surface area contributed by atoms with E-state index < -0.39 is 11.5 Å². The highest BCUT2D eigenvalue weighted by atomic mass is 35.5. The fourth-order valence-corrected chi connectivity index (χ4v) is 7.82. The zero-order valence-corrected chi connectivity index (χ0v) is 29.2.